The molecule has 2 saturated heterocycles. The first kappa shape index (κ1) is 23.5. The second kappa shape index (κ2) is 8.91. The van der Waals surface area contributed by atoms with Gasteiger partial charge >= 0.3 is 0 Å². The van der Waals surface area contributed by atoms with E-state index in [0.29, 0.717) is 16.1 Å². The van der Waals surface area contributed by atoms with Gasteiger partial charge in [-0.25, -0.2) is 0 Å². The highest BCUT2D eigenvalue weighted by Gasteiger charge is 2.50. The summed E-state index contributed by atoms with van der Waals surface area (Å²) in [5.41, 5.74) is 3.49. The Morgan fingerprint density at radius 1 is 1.00 bits per heavy atom. The summed E-state index contributed by atoms with van der Waals surface area (Å²) in [7, 11) is 4.20. The molecular formula is C28H31ClN4O3. The van der Waals surface area contributed by atoms with Crippen LogP contribution in [0.2, 0.25) is 5.02 Å². The minimum absolute atomic E-state index is 0.0944. The number of hydrogen-bond acceptors (Lipinski definition) is 4. The molecule has 6 rings (SSSR count). The van der Waals surface area contributed by atoms with E-state index in [1.54, 1.807) is 18.3 Å². The molecule has 0 radical (unpaired) electrons. The minimum Gasteiger partial charge on any atom is -0.371 e. The standard InChI is InChI=1S/C28H31ClN4O3/c1-33(2)15-28(11-12-28)18-6-3-16(4-7-18)26(34)31-24-22-9-10-23(36-22)25(24)32-27(35)17-5-8-19-20(29)14-30-21(19)13-17/h3-8,13-14,22-25,30H,9-12,15H2,1-2H3,(H,31,34)(H,32,35). The first-order valence-electron chi connectivity index (χ1n) is 12.6. The highest BCUT2D eigenvalue weighted by atomic mass is 35.5. The maximum Gasteiger partial charge on any atom is 0.251 e. The van der Waals surface area contributed by atoms with Gasteiger partial charge in [-0.05, 0) is 69.6 Å². The quantitative estimate of drug-likeness (QED) is 0.454. The molecule has 4 atom stereocenters. The van der Waals surface area contributed by atoms with Gasteiger partial charge in [0.2, 0.25) is 0 Å². The van der Waals surface area contributed by atoms with Crippen molar-refractivity contribution in [1.29, 1.82) is 0 Å². The van der Waals surface area contributed by atoms with Crippen LogP contribution in [0, 0.1) is 0 Å². The van der Waals surface area contributed by atoms with E-state index in [2.05, 4.69) is 46.7 Å². The van der Waals surface area contributed by atoms with Gasteiger partial charge in [-0.1, -0.05) is 29.8 Å². The zero-order chi connectivity index (χ0) is 25.0. The Balaban J connectivity index is 1.15. The highest BCUT2D eigenvalue weighted by Crippen LogP contribution is 2.48. The molecule has 3 heterocycles. The second-order valence-electron chi connectivity index (χ2n) is 10.8. The number of benzene rings is 2. The molecule has 4 unspecified atom stereocenters. The molecule has 2 aliphatic heterocycles. The summed E-state index contributed by atoms with van der Waals surface area (Å²) >= 11 is 6.17. The number of aromatic nitrogens is 1. The number of carbonyl (C=O) groups is 2. The Hall–Kier alpha value is -2.87. The van der Waals surface area contributed by atoms with Crippen molar-refractivity contribution in [2.45, 2.75) is 55.4 Å². The first-order valence-corrected chi connectivity index (χ1v) is 13.0. The number of carbonyl (C=O) groups excluding carboxylic acids is 2. The molecule has 3 N–H and O–H groups in total. The van der Waals surface area contributed by atoms with E-state index >= 15 is 0 Å². The summed E-state index contributed by atoms with van der Waals surface area (Å²) in [6.45, 7) is 1.02. The van der Waals surface area contributed by atoms with Crippen LogP contribution in [-0.4, -0.2) is 66.6 Å². The van der Waals surface area contributed by atoms with Crippen LogP contribution in [0.5, 0.6) is 0 Å². The van der Waals surface area contributed by atoms with E-state index in [0.717, 1.165) is 30.3 Å². The maximum atomic E-state index is 13.2. The predicted molar refractivity (Wildman–Crippen MR) is 140 cm³/mol. The monoisotopic (exact) mass is 506 g/mol. The third-order valence-electron chi connectivity index (χ3n) is 7.99. The highest BCUT2D eigenvalue weighted by molar-refractivity contribution is 6.35. The van der Waals surface area contributed by atoms with Gasteiger partial charge in [-0.2, -0.15) is 0 Å². The van der Waals surface area contributed by atoms with Crippen LogP contribution in [-0.2, 0) is 10.2 Å². The molecule has 188 valence electrons. The topological polar surface area (TPSA) is 86.5 Å². The van der Waals surface area contributed by atoms with Crippen molar-refractivity contribution in [3.63, 3.8) is 0 Å². The number of nitrogens with zero attached hydrogens (tertiary/aromatic N) is 1. The maximum absolute atomic E-state index is 13.2. The molecule has 1 aliphatic carbocycles. The van der Waals surface area contributed by atoms with Gasteiger partial charge in [0.1, 0.15) is 0 Å². The van der Waals surface area contributed by atoms with Gasteiger partial charge in [-0.3, -0.25) is 9.59 Å². The molecule has 2 amide bonds. The number of fused-ring (bicyclic) bond motifs is 3. The van der Waals surface area contributed by atoms with E-state index in [1.165, 1.54) is 18.4 Å². The smallest absolute Gasteiger partial charge is 0.251 e. The van der Waals surface area contributed by atoms with Crippen molar-refractivity contribution in [3.05, 3.63) is 70.4 Å². The van der Waals surface area contributed by atoms with Gasteiger partial charge in [0, 0.05) is 40.2 Å². The lowest BCUT2D eigenvalue weighted by Crippen LogP contribution is -2.57. The summed E-state index contributed by atoms with van der Waals surface area (Å²) in [6.07, 6.45) is 5.63. The fraction of sp³-hybridized carbons (Fsp3) is 0.429. The van der Waals surface area contributed by atoms with E-state index in [1.807, 2.05) is 18.2 Å². The molecule has 3 fully saturated rings. The summed E-state index contributed by atoms with van der Waals surface area (Å²) in [5.74, 6) is -0.329. The van der Waals surface area contributed by atoms with Crippen molar-refractivity contribution in [2.75, 3.05) is 20.6 Å². The number of hydrogen-bond donors (Lipinski definition) is 3. The lowest BCUT2D eigenvalue weighted by Gasteiger charge is -2.29. The largest absolute Gasteiger partial charge is 0.371 e. The summed E-state index contributed by atoms with van der Waals surface area (Å²) in [4.78, 5) is 31.6. The second-order valence-corrected chi connectivity index (χ2v) is 11.2. The summed E-state index contributed by atoms with van der Waals surface area (Å²) in [6, 6.07) is 12.9. The average Bonchev–Trinajstić information content (AvgIpc) is 3.18. The Labute approximate surface area is 215 Å². The molecule has 7 nitrogen and oxygen atoms in total. The first-order chi connectivity index (χ1) is 17.3. The average molecular weight is 507 g/mol. The van der Waals surface area contributed by atoms with E-state index < -0.39 is 0 Å². The fourth-order valence-corrected chi connectivity index (χ4v) is 6.24. The van der Waals surface area contributed by atoms with Gasteiger partial charge in [0.05, 0.1) is 29.3 Å². The zero-order valence-electron chi connectivity index (χ0n) is 20.5. The van der Waals surface area contributed by atoms with Crippen molar-refractivity contribution >= 4 is 34.3 Å². The number of rotatable bonds is 7. The number of likely N-dealkylation sites (N-methyl/N-ethyl adjacent to an activating group) is 1. The van der Waals surface area contributed by atoms with Crippen LogP contribution in [0.25, 0.3) is 10.9 Å². The fourth-order valence-electron chi connectivity index (χ4n) is 6.02. The van der Waals surface area contributed by atoms with Crippen molar-refractivity contribution < 1.29 is 14.3 Å². The molecule has 3 aliphatic rings. The van der Waals surface area contributed by atoms with Gasteiger partial charge < -0.3 is 25.3 Å². The molecular weight excluding hydrogens is 476 g/mol. The van der Waals surface area contributed by atoms with Crippen LogP contribution >= 0.6 is 11.6 Å². The number of H-pyrrole nitrogens is 1. The number of halogens is 1. The zero-order valence-corrected chi connectivity index (χ0v) is 21.3. The lowest BCUT2D eigenvalue weighted by molar-refractivity contribution is 0.0820. The summed E-state index contributed by atoms with van der Waals surface area (Å²) < 4.78 is 6.10. The van der Waals surface area contributed by atoms with Crippen LogP contribution < -0.4 is 10.6 Å². The number of amides is 2. The van der Waals surface area contributed by atoms with Crippen molar-refractivity contribution in [2.24, 2.45) is 0 Å². The Morgan fingerprint density at radius 2 is 1.61 bits per heavy atom. The lowest BCUT2D eigenvalue weighted by atomic mass is 9.89. The van der Waals surface area contributed by atoms with Gasteiger partial charge in [0.25, 0.3) is 11.8 Å². The molecule has 1 saturated carbocycles. The van der Waals surface area contributed by atoms with E-state index in [9.17, 15) is 9.59 Å². The molecule has 3 aromatic rings. The van der Waals surface area contributed by atoms with Crippen LogP contribution in [0.3, 0.4) is 0 Å². The number of aromatic amines is 1. The SMILES string of the molecule is CN(C)CC1(c2ccc(C(=O)NC3C4CCC(O4)C3NC(=O)c3ccc4c(Cl)c[nH]c4c3)cc2)CC1. The minimum atomic E-state index is -0.280. The molecule has 8 heteroatoms. The Morgan fingerprint density at radius 3 is 2.22 bits per heavy atom. The van der Waals surface area contributed by atoms with E-state index in [4.69, 9.17) is 16.3 Å². The Bertz CT molecular complexity index is 1310. The molecule has 2 aromatic carbocycles. The Kier molecular flexibility index (Phi) is 5.82. The van der Waals surface area contributed by atoms with Crippen LogP contribution in [0.15, 0.2) is 48.7 Å². The number of ether oxygens (including phenoxy) is 1. The molecule has 0 spiro atoms. The van der Waals surface area contributed by atoms with Crippen LogP contribution in [0.4, 0.5) is 0 Å². The molecule has 2 bridgehead atoms. The van der Waals surface area contributed by atoms with Crippen LogP contribution in [0.1, 0.15) is 52.0 Å². The third-order valence-corrected chi connectivity index (χ3v) is 8.31. The third kappa shape index (κ3) is 4.19. The molecule has 1 aromatic heterocycles. The van der Waals surface area contributed by atoms with Crippen molar-refractivity contribution in [1.82, 2.24) is 20.5 Å². The summed E-state index contributed by atoms with van der Waals surface area (Å²) in [5, 5.41) is 7.79. The van der Waals surface area contributed by atoms with E-state index in [-0.39, 0.29) is 41.5 Å². The van der Waals surface area contributed by atoms with Crippen molar-refractivity contribution in [3.8, 4) is 0 Å². The number of nitrogens with one attached hydrogen (secondary N) is 3. The normalized spacial score (nSPS) is 25.9. The van der Waals surface area contributed by atoms with Gasteiger partial charge in [-0.15, -0.1) is 0 Å². The predicted octanol–water partition coefficient (Wildman–Crippen LogP) is 3.87. The van der Waals surface area contributed by atoms with Gasteiger partial charge in [0.15, 0.2) is 0 Å². The molecule has 36 heavy (non-hydrogen) atoms.